The van der Waals surface area contributed by atoms with E-state index in [1.165, 1.54) is 46.2 Å². The van der Waals surface area contributed by atoms with E-state index < -0.39 is 21.7 Å². The summed E-state index contributed by atoms with van der Waals surface area (Å²) in [4.78, 5) is 11.2. The van der Waals surface area contributed by atoms with Crippen molar-refractivity contribution in [2.75, 3.05) is 6.54 Å². The molecule has 0 saturated heterocycles. The molecule has 0 aromatic heterocycles. The van der Waals surface area contributed by atoms with E-state index >= 15 is 0 Å². The van der Waals surface area contributed by atoms with Crippen LogP contribution >= 0.6 is 15.9 Å². The summed E-state index contributed by atoms with van der Waals surface area (Å²) in [5, 5.41) is 10.3. The fraction of sp³-hybridized carbons (Fsp3) is 0.235. The number of carbonyl (C=O) groups is 1. The Balaban J connectivity index is 0.00000364. The molecule has 0 aliphatic heterocycles. The second-order valence-electron chi connectivity index (χ2n) is 5.55. The second-order valence-corrected chi connectivity index (χ2v) is 8.40. The van der Waals surface area contributed by atoms with Crippen LogP contribution in [-0.4, -0.2) is 25.2 Å². The molecule has 0 heterocycles. The molecule has 0 aliphatic carbocycles. The van der Waals surface area contributed by atoms with Crippen LogP contribution in [0.25, 0.3) is 0 Å². The third-order valence-corrected chi connectivity index (χ3v) is 6.04. The second kappa shape index (κ2) is 11.3. The van der Waals surface area contributed by atoms with Crippen LogP contribution in [0.2, 0.25) is 0 Å². The molecule has 0 radical (unpaired) electrons. The molecule has 0 spiro atoms. The van der Waals surface area contributed by atoms with Gasteiger partial charge in [0, 0.05) is 24.0 Å². The van der Waals surface area contributed by atoms with Crippen molar-refractivity contribution in [1.29, 1.82) is 0 Å². The van der Waals surface area contributed by atoms with Crippen molar-refractivity contribution in [1.82, 2.24) is 9.79 Å². The third kappa shape index (κ3) is 7.26. The maximum atomic E-state index is 13.1. The first kappa shape index (κ1) is 24.2. The maximum Gasteiger partial charge on any atom is 1.00 e. The summed E-state index contributed by atoms with van der Waals surface area (Å²) in [6, 6.07) is 11.7. The van der Waals surface area contributed by atoms with Crippen LogP contribution < -0.4 is 35.0 Å². The molecular weight excluding hydrogens is 450 g/mol. The SMILES string of the molecule is O=C(CCCN(Cc1ccc(F)cc1)S(=O)(=O)c1ccc(Br)cc1)N[O-].[Na+]. The number of hydroxylamine groups is 1. The Morgan fingerprint density at radius 2 is 1.70 bits per heavy atom. The number of rotatable bonds is 8. The van der Waals surface area contributed by atoms with Gasteiger partial charge in [-0.25, -0.2) is 12.8 Å². The average Bonchev–Trinajstić information content (AvgIpc) is 2.62. The standard InChI is InChI=1S/C17H17BrFN2O4S.Na/c18-14-5-9-16(10-6-14)26(24,25)21(11-1-2-17(22)20-23)12-13-3-7-15(19)8-4-13;/h3-10H,1-2,11-12H2,(H-,20,22,23);/q-1;+1. The van der Waals surface area contributed by atoms with E-state index in [0.717, 1.165) is 4.47 Å². The Morgan fingerprint density at radius 1 is 1.11 bits per heavy atom. The molecule has 27 heavy (non-hydrogen) atoms. The molecule has 6 nitrogen and oxygen atoms in total. The summed E-state index contributed by atoms with van der Waals surface area (Å²) in [5.41, 5.74) is 1.88. The van der Waals surface area contributed by atoms with Crippen LogP contribution in [0.5, 0.6) is 0 Å². The monoisotopic (exact) mass is 466 g/mol. The largest absolute Gasteiger partial charge is 1.00 e. The summed E-state index contributed by atoms with van der Waals surface area (Å²) in [6.07, 6.45) is 0.101. The van der Waals surface area contributed by atoms with Crippen molar-refractivity contribution in [3.8, 4) is 0 Å². The van der Waals surface area contributed by atoms with Gasteiger partial charge >= 0.3 is 29.6 Å². The summed E-state index contributed by atoms with van der Waals surface area (Å²) >= 11 is 3.26. The fourth-order valence-electron chi connectivity index (χ4n) is 2.30. The summed E-state index contributed by atoms with van der Waals surface area (Å²) in [5.74, 6) is -1.11. The van der Waals surface area contributed by atoms with Gasteiger partial charge in [0.1, 0.15) is 5.82 Å². The number of halogens is 2. The maximum absolute atomic E-state index is 13.1. The Hall–Kier alpha value is -0.810. The minimum atomic E-state index is -3.82. The van der Waals surface area contributed by atoms with Gasteiger partial charge in [-0.05, 0) is 48.4 Å². The molecule has 2 aromatic rings. The molecule has 0 unspecified atom stereocenters. The Morgan fingerprint density at radius 3 is 2.26 bits per heavy atom. The van der Waals surface area contributed by atoms with Crippen molar-refractivity contribution in [3.63, 3.8) is 0 Å². The summed E-state index contributed by atoms with van der Waals surface area (Å²) < 4.78 is 40.9. The predicted octanol–water partition coefficient (Wildman–Crippen LogP) is 0.177. The number of hydrogen-bond acceptors (Lipinski definition) is 4. The van der Waals surface area contributed by atoms with Crippen molar-refractivity contribution < 1.29 is 47.2 Å². The minimum Gasteiger partial charge on any atom is -0.759 e. The van der Waals surface area contributed by atoms with E-state index in [0.29, 0.717) is 5.56 Å². The van der Waals surface area contributed by atoms with Crippen LogP contribution in [0.15, 0.2) is 57.9 Å². The minimum absolute atomic E-state index is 0. The zero-order valence-electron chi connectivity index (χ0n) is 14.7. The van der Waals surface area contributed by atoms with Gasteiger partial charge in [-0.2, -0.15) is 4.31 Å². The number of hydrogen-bond donors (Lipinski definition) is 1. The molecule has 0 fully saturated rings. The fourth-order valence-corrected chi connectivity index (χ4v) is 4.03. The van der Waals surface area contributed by atoms with Gasteiger partial charge in [0.2, 0.25) is 15.9 Å². The number of nitrogens with one attached hydrogen (secondary N) is 1. The molecule has 0 bridgehead atoms. The van der Waals surface area contributed by atoms with E-state index in [1.54, 1.807) is 12.1 Å². The van der Waals surface area contributed by atoms with Gasteiger partial charge in [-0.1, -0.05) is 28.1 Å². The molecule has 10 heteroatoms. The molecule has 0 aliphatic rings. The van der Waals surface area contributed by atoms with Gasteiger partial charge in [0.25, 0.3) is 0 Å². The quantitative estimate of drug-likeness (QED) is 0.443. The first-order valence-electron chi connectivity index (χ1n) is 7.74. The van der Waals surface area contributed by atoms with Crippen molar-refractivity contribution in [2.24, 2.45) is 0 Å². The van der Waals surface area contributed by atoms with E-state index in [-0.39, 0.29) is 60.4 Å². The first-order chi connectivity index (χ1) is 12.3. The van der Waals surface area contributed by atoms with Crippen LogP contribution in [0.1, 0.15) is 18.4 Å². The van der Waals surface area contributed by atoms with E-state index in [4.69, 9.17) is 0 Å². The number of benzene rings is 2. The molecule has 140 valence electrons. The van der Waals surface area contributed by atoms with Crippen LogP contribution in [0, 0.1) is 11.0 Å². The van der Waals surface area contributed by atoms with Crippen molar-refractivity contribution in [3.05, 3.63) is 69.6 Å². The Kier molecular flexibility index (Phi) is 10.1. The first-order valence-corrected chi connectivity index (χ1v) is 9.97. The Labute approximate surface area is 188 Å². The van der Waals surface area contributed by atoms with E-state index in [1.807, 2.05) is 0 Å². The zero-order valence-corrected chi connectivity index (χ0v) is 19.1. The number of carbonyl (C=O) groups excluding carboxylic acids is 1. The third-order valence-electron chi connectivity index (χ3n) is 3.65. The van der Waals surface area contributed by atoms with Crippen LogP contribution in [0.4, 0.5) is 4.39 Å². The number of amides is 1. The van der Waals surface area contributed by atoms with Gasteiger partial charge in [0.05, 0.1) is 4.90 Å². The normalized spacial score (nSPS) is 11.1. The van der Waals surface area contributed by atoms with Crippen LogP contribution in [0.3, 0.4) is 0 Å². The van der Waals surface area contributed by atoms with E-state index in [9.17, 15) is 22.8 Å². The summed E-state index contributed by atoms with van der Waals surface area (Å²) in [6.45, 7) is 0.0703. The van der Waals surface area contributed by atoms with Gasteiger partial charge in [-0.3, -0.25) is 4.79 Å². The van der Waals surface area contributed by atoms with Crippen LogP contribution in [-0.2, 0) is 21.4 Å². The smallest absolute Gasteiger partial charge is 0.759 e. The van der Waals surface area contributed by atoms with Crippen molar-refractivity contribution in [2.45, 2.75) is 24.3 Å². The summed E-state index contributed by atoms with van der Waals surface area (Å²) in [7, 11) is -3.82. The van der Waals surface area contributed by atoms with Crippen molar-refractivity contribution >= 4 is 31.9 Å². The zero-order chi connectivity index (χ0) is 19.2. The molecule has 2 rings (SSSR count). The molecule has 1 amide bonds. The molecule has 0 saturated carbocycles. The Bertz CT molecular complexity index is 848. The predicted molar refractivity (Wildman–Crippen MR) is 98.9 cm³/mol. The molecular formula is C17H17BrFN2NaO4S. The number of sulfonamides is 1. The molecule has 2 aromatic carbocycles. The van der Waals surface area contributed by atoms with E-state index in [2.05, 4.69) is 15.9 Å². The van der Waals surface area contributed by atoms with Gasteiger partial charge < -0.3 is 10.7 Å². The topological polar surface area (TPSA) is 89.5 Å². The molecule has 1 N–H and O–H groups in total. The van der Waals surface area contributed by atoms with Gasteiger partial charge in [0.15, 0.2) is 0 Å². The number of nitrogens with zero attached hydrogens (tertiary/aromatic N) is 1. The average molecular weight is 467 g/mol. The van der Waals surface area contributed by atoms with Gasteiger partial charge in [-0.15, -0.1) is 0 Å². The molecule has 0 atom stereocenters.